The molecule has 0 radical (unpaired) electrons. The Hall–Kier alpha value is -3.31. The van der Waals surface area contributed by atoms with Gasteiger partial charge in [0.15, 0.2) is 0 Å². The molecule has 2 atom stereocenters. The van der Waals surface area contributed by atoms with Crippen LogP contribution in [-0.4, -0.2) is 83.4 Å². The monoisotopic (exact) mass is 580 g/mol. The number of carbonyl (C=O) groups is 3. The summed E-state index contributed by atoms with van der Waals surface area (Å²) in [5.74, 6) is -0.455. The number of halogens is 4. The summed E-state index contributed by atoms with van der Waals surface area (Å²) in [6.45, 7) is 2.08. The summed E-state index contributed by atoms with van der Waals surface area (Å²) in [7, 11) is 3.73. The Morgan fingerprint density at radius 1 is 1.12 bits per heavy atom. The zero-order chi connectivity index (χ0) is 29.2. The van der Waals surface area contributed by atoms with Crippen molar-refractivity contribution in [1.82, 2.24) is 19.6 Å². The normalized spacial score (nSPS) is 19.8. The molecule has 2 saturated heterocycles. The van der Waals surface area contributed by atoms with Crippen LogP contribution < -0.4 is 0 Å². The van der Waals surface area contributed by atoms with Crippen LogP contribution in [0.1, 0.15) is 35.1 Å². The van der Waals surface area contributed by atoms with Gasteiger partial charge in [0, 0.05) is 24.5 Å². The predicted molar refractivity (Wildman–Crippen MR) is 142 cm³/mol. The van der Waals surface area contributed by atoms with Gasteiger partial charge in [0.2, 0.25) is 11.8 Å². The molecule has 2 aliphatic heterocycles. The molecular formula is C28H32ClF3N4O4. The topological polar surface area (TPSA) is 73.4 Å². The Morgan fingerprint density at radius 3 is 2.55 bits per heavy atom. The fourth-order valence-electron chi connectivity index (χ4n) is 5.19. The van der Waals surface area contributed by atoms with Gasteiger partial charge in [0.05, 0.1) is 12.1 Å². The second kappa shape index (κ2) is 12.1. The van der Waals surface area contributed by atoms with E-state index in [1.165, 1.54) is 22.8 Å². The number of nitrogens with zero attached hydrogens (tertiary/aromatic N) is 4. The molecule has 12 heteroatoms. The minimum absolute atomic E-state index is 0.00824. The highest BCUT2D eigenvalue weighted by molar-refractivity contribution is 6.30. The van der Waals surface area contributed by atoms with Crippen LogP contribution in [0.25, 0.3) is 0 Å². The summed E-state index contributed by atoms with van der Waals surface area (Å²) in [6, 6.07) is 9.84. The average molecular weight is 581 g/mol. The summed E-state index contributed by atoms with van der Waals surface area (Å²) in [6.07, 6.45) is -5.69. The lowest BCUT2D eigenvalue weighted by Crippen LogP contribution is -2.71. The van der Waals surface area contributed by atoms with Crippen molar-refractivity contribution in [2.75, 3.05) is 33.7 Å². The van der Waals surface area contributed by atoms with E-state index in [4.69, 9.17) is 16.3 Å². The van der Waals surface area contributed by atoms with E-state index in [1.54, 1.807) is 23.1 Å². The molecule has 8 nitrogen and oxygen atoms in total. The van der Waals surface area contributed by atoms with Crippen molar-refractivity contribution in [3.8, 4) is 0 Å². The first kappa shape index (κ1) is 29.7. The van der Waals surface area contributed by atoms with Gasteiger partial charge in [-0.15, -0.1) is 0 Å². The summed E-state index contributed by atoms with van der Waals surface area (Å²) in [5.41, 5.74) is 0.578. The number of hydrogen-bond donors (Lipinski definition) is 0. The Labute approximate surface area is 236 Å². The van der Waals surface area contributed by atoms with Crippen molar-refractivity contribution >= 4 is 29.5 Å². The fourth-order valence-corrected chi connectivity index (χ4v) is 5.40. The van der Waals surface area contributed by atoms with Crippen LogP contribution in [0.2, 0.25) is 5.02 Å². The number of benzene rings is 2. The number of hydrogen-bond acceptors (Lipinski definition) is 5. The quantitative estimate of drug-likeness (QED) is 0.481. The maximum atomic E-state index is 13.6. The highest BCUT2D eigenvalue weighted by Gasteiger charge is 2.49. The number of amides is 3. The Kier molecular flexibility index (Phi) is 8.94. The second-order valence-corrected chi connectivity index (χ2v) is 10.9. The fraction of sp³-hybridized carbons (Fsp3) is 0.464. The van der Waals surface area contributed by atoms with Crippen LogP contribution in [0.3, 0.4) is 0 Å². The zero-order valence-corrected chi connectivity index (χ0v) is 23.3. The minimum Gasteiger partial charge on any atom is -0.444 e. The van der Waals surface area contributed by atoms with Crippen LogP contribution >= 0.6 is 11.6 Å². The third-order valence-electron chi connectivity index (χ3n) is 7.03. The lowest BCUT2D eigenvalue weighted by molar-refractivity contribution is -0.169. The van der Waals surface area contributed by atoms with E-state index in [-0.39, 0.29) is 50.0 Å². The molecule has 2 aromatic carbocycles. The van der Waals surface area contributed by atoms with Gasteiger partial charge in [-0.3, -0.25) is 14.5 Å². The number of carbonyl (C=O) groups excluding carboxylic acids is 3. The number of rotatable bonds is 7. The molecule has 0 bridgehead atoms. The van der Waals surface area contributed by atoms with Crippen LogP contribution in [0.4, 0.5) is 18.0 Å². The lowest BCUT2D eigenvalue weighted by Gasteiger charge is -2.52. The Balaban J connectivity index is 1.57. The molecule has 2 heterocycles. The van der Waals surface area contributed by atoms with Gasteiger partial charge in [-0.25, -0.2) is 4.79 Å². The van der Waals surface area contributed by atoms with Crippen molar-refractivity contribution in [2.24, 2.45) is 0 Å². The molecule has 3 amide bonds. The van der Waals surface area contributed by atoms with Crippen LogP contribution in [0.5, 0.6) is 0 Å². The van der Waals surface area contributed by atoms with E-state index < -0.39 is 30.0 Å². The van der Waals surface area contributed by atoms with Gasteiger partial charge < -0.3 is 19.4 Å². The number of piperazine rings is 1. The Bertz CT molecular complexity index is 1270. The molecule has 0 aromatic heterocycles. The van der Waals surface area contributed by atoms with E-state index in [9.17, 15) is 27.6 Å². The molecule has 2 fully saturated rings. The van der Waals surface area contributed by atoms with Crippen molar-refractivity contribution in [2.45, 2.75) is 51.3 Å². The van der Waals surface area contributed by atoms with Crippen molar-refractivity contribution in [3.05, 3.63) is 69.7 Å². The van der Waals surface area contributed by atoms with E-state index in [1.807, 2.05) is 25.1 Å². The standard InChI is InChI=1S/C28H32ClF3N4O4/c1-18-11-20(13-21(12-18)28(30,31)32)17-40-27(39)35-10-8-25(37)36-23(7-9-33(2)3)26(38)34(16-24(35)36)15-19-5-4-6-22(29)14-19/h4-6,11-14,23-24H,7-10,15-17H2,1-3H3/t23-,24+/m0/s1. The molecule has 0 aliphatic carbocycles. The van der Waals surface area contributed by atoms with Crippen molar-refractivity contribution < 1.29 is 32.3 Å². The van der Waals surface area contributed by atoms with Gasteiger partial charge in [-0.1, -0.05) is 35.4 Å². The van der Waals surface area contributed by atoms with Crippen molar-refractivity contribution in [1.29, 1.82) is 0 Å². The molecule has 40 heavy (non-hydrogen) atoms. The second-order valence-electron chi connectivity index (χ2n) is 10.4. The number of fused-ring (bicyclic) bond motifs is 1. The molecular weight excluding hydrogens is 549 g/mol. The zero-order valence-electron chi connectivity index (χ0n) is 22.6. The third kappa shape index (κ3) is 6.87. The highest BCUT2D eigenvalue weighted by atomic mass is 35.5. The van der Waals surface area contributed by atoms with Gasteiger partial charge in [-0.2, -0.15) is 13.2 Å². The molecule has 2 aromatic rings. The van der Waals surface area contributed by atoms with E-state index >= 15 is 0 Å². The van der Waals surface area contributed by atoms with E-state index in [0.29, 0.717) is 23.6 Å². The van der Waals surface area contributed by atoms with Crippen molar-refractivity contribution in [3.63, 3.8) is 0 Å². The smallest absolute Gasteiger partial charge is 0.416 e. The molecule has 2 aliphatic rings. The third-order valence-corrected chi connectivity index (χ3v) is 7.26. The lowest BCUT2D eigenvalue weighted by atomic mass is 10.0. The van der Waals surface area contributed by atoms with Gasteiger partial charge in [-0.05, 0) is 69.4 Å². The van der Waals surface area contributed by atoms with Gasteiger partial charge in [0.25, 0.3) is 0 Å². The number of ether oxygens (including phenoxy) is 1. The molecule has 216 valence electrons. The summed E-state index contributed by atoms with van der Waals surface area (Å²) >= 11 is 6.14. The molecule has 0 unspecified atom stereocenters. The molecule has 0 saturated carbocycles. The first-order valence-corrected chi connectivity index (χ1v) is 13.3. The average Bonchev–Trinajstić information content (AvgIpc) is 2.87. The van der Waals surface area contributed by atoms with Crippen LogP contribution in [-0.2, 0) is 33.7 Å². The van der Waals surface area contributed by atoms with Crippen LogP contribution in [0, 0.1) is 6.92 Å². The summed E-state index contributed by atoms with van der Waals surface area (Å²) in [4.78, 5) is 46.4. The van der Waals surface area contributed by atoms with Gasteiger partial charge in [0.1, 0.15) is 18.8 Å². The van der Waals surface area contributed by atoms with E-state index in [2.05, 4.69) is 0 Å². The molecule has 0 N–H and O–H groups in total. The summed E-state index contributed by atoms with van der Waals surface area (Å²) < 4.78 is 45.2. The maximum Gasteiger partial charge on any atom is 0.416 e. The van der Waals surface area contributed by atoms with E-state index in [0.717, 1.165) is 17.7 Å². The first-order valence-electron chi connectivity index (χ1n) is 12.9. The maximum absolute atomic E-state index is 13.6. The number of aryl methyl sites for hydroxylation is 1. The number of alkyl halides is 3. The van der Waals surface area contributed by atoms with Crippen LogP contribution in [0.15, 0.2) is 42.5 Å². The van der Waals surface area contributed by atoms with Gasteiger partial charge >= 0.3 is 12.3 Å². The minimum atomic E-state index is -4.53. The summed E-state index contributed by atoms with van der Waals surface area (Å²) in [5, 5.41) is 0.524. The first-order chi connectivity index (χ1) is 18.8. The highest BCUT2D eigenvalue weighted by Crippen LogP contribution is 2.32. The largest absolute Gasteiger partial charge is 0.444 e. The SMILES string of the molecule is Cc1cc(COC(=O)N2CCC(=O)N3[C@@H]2CN(Cc2cccc(Cl)c2)C(=O)[C@@H]3CCN(C)C)cc(C(F)(F)F)c1. The Morgan fingerprint density at radius 2 is 1.88 bits per heavy atom. The molecule has 0 spiro atoms. The molecule has 4 rings (SSSR count). The predicted octanol–water partition coefficient (Wildman–Crippen LogP) is 4.53.